The fourth-order valence-corrected chi connectivity index (χ4v) is 3.88. The second-order valence-corrected chi connectivity index (χ2v) is 8.02. The maximum Gasteiger partial charge on any atom is 0.331 e. The molecular weight excluding hydrogens is 414 g/mol. The lowest BCUT2D eigenvalue weighted by molar-refractivity contribution is -0.147. The Kier molecular flexibility index (Phi) is 7.35. The van der Waals surface area contributed by atoms with Gasteiger partial charge in [0.05, 0.1) is 12.3 Å². The van der Waals surface area contributed by atoms with E-state index in [-0.39, 0.29) is 5.97 Å². The van der Waals surface area contributed by atoms with Gasteiger partial charge in [-0.15, -0.1) is 0 Å². The van der Waals surface area contributed by atoms with Crippen molar-refractivity contribution in [1.29, 1.82) is 0 Å². The summed E-state index contributed by atoms with van der Waals surface area (Å²) in [6.07, 6.45) is 6.82. The maximum absolute atomic E-state index is 12.4. The third-order valence-corrected chi connectivity index (χ3v) is 5.65. The summed E-state index contributed by atoms with van der Waals surface area (Å²) < 4.78 is 12.8. The van der Waals surface area contributed by atoms with Gasteiger partial charge >= 0.3 is 5.97 Å². The average Bonchev–Trinajstić information content (AvgIpc) is 3.49. The first-order valence-electron chi connectivity index (χ1n) is 11.4. The van der Waals surface area contributed by atoms with Gasteiger partial charge in [0.2, 0.25) is 5.89 Å². The van der Waals surface area contributed by atoms with Crippen molar-refractivity contribution in [3.8, 4) is 11.5 Å². The fourth-order valence-electron chi connectivity index (χ4n) is 3.88. The molecule has 4 aromatic rings. The van der Waals surface area contributed by atoms with Gasteiger partial charge in [-0.25, -0.2) is 9.78 Å². The summed E-state index contributed by atoms with van der Waals surface area (Å²) in [5, 5.41) is 4.23. The van der Waals surface area contributed by atoms with Crippen LogP contribution in [0, 0.1) is 6.92 Å². The maximum atomic E-state index is 12.4. The number of aromatic nitrogens is 3. The lowest BCUT2D eigenvalue weighted by Gasteiger charge is -2.16. The molecule has 6 heteroatoms. The number of rotatable bonds is 10. The van der Waals surface area contributed by atoms with Crippen LogP contribution in [0.1, 0.15) is 42.0 Å². The molecule has 0 aliphatic heterocycles. The number of hydrogen-bond donors (Lipinski definition) is 0. The lowest BCUT2D eigenvalue weighted by Crippen LogP contribution is -2.24. The van der Waals surface area contributed by atoms with E-state index in [1.807, 2.05) is 50.2 Å². The molecule has 2 heterocycles. The van der Waals surface area contributed by atoms with E-state index in [1.54, 1.807) is 17.1 Å². The topological polar surface area (TPSA) is 70.2 Å². The highest BCUT2D eigenvalue weighted by Gasteiger charge is 2.22. The zero-order valence-corrected chi connectivity index (χ0v) is 19.1. The van der Waals surface area contributed by atoms with Crippen molar-refractivity contribution in [3.05, 3.63) is 95.6 Å². The van der Waals surface area contributed by atoms with E-state index in [1.165, 1.54) is 5.56 Å². The highest BCUT2D eigenvalue weighted by Crippen LogP contribution is 2.23. The quantitative estimate of drug-likeness (QED) is 0.308. The summed E-state index contributed by atoms with van der Waals surface area (Å²) in [6, 6.07) is 19.8. The van der Waals surface area contributed by atoms with Crippen LogP contribution in [0.5, 0.6) is 0 Å². The zero-order chi connectivity index (χ0) is 23.0. The van der Waals surface area contributed by atoms with Gasteiger partial charge in [0, 0.05) is 24.4 Å². The Morgan fingerprint density at radius 3 is 2.48 bits per heavy atom. The van der Waals surface area contributed by atoms with E-state index < -0.39 is 6.04 Å². The van der Waals surface area contributed by atoms with Crippen molar-refractivity contribution in [2.24, 2.45) is 0 Å². The number of esters is 1. The molecule has 1 atom stereocenters. The van der Waals surface area contributed by atoms with Crippen LogP contribution in [0.15, 0.2) is 77.5 Å². The zero-order valence-electron chi connectivity index (χ0n) is 19.1. The Bertz CT molecular complexity index is 1150. The van der Waals surface area contributed by atoms with Crippen molar-refractivity contribution in [2.75, 3.05) is 6.61 Å². The van der Waals surface area contributed by atoms with Gasteiger partial charge in [0.15, 0.2) is 6.04 Å². The largest absolute Gasteiger partial charge is 0.464 e. The molecule has 0 aliphatic rings. The summed E-state index contributed by atoms with van der Waals surface area (Å²) in [4.78, 5) is 17.1. The Morgan fingerprint density at radius 2 is 1.79 bits per heavy atom. The number of benzene rings is 2. The smallest absolute Gasteiger partial charge is 0.331 e. The van der Waals surface area contributed by atoms with Crippen molar-refractivity contribution >= 4 is 5.97 Å². The Balaban J connectivity index is 1.33. The number of carbonyl (C=O) groups excluding carboxylic acids is 1. The van der Waals surface area contributed by atoms with Crippen LogP contribution >= 0.6 is 0 Å². The average molecular weight is 444 g/mol. The van der Waals surface area contributed by atoms with E-state index in [0.29, 0.717) is 18.9 Å². The number of aryl methyl sites for hydroxylation is 3. The molecule has 4 rings (SSSR count). The second kappa shape index (κ2) is 10.8. The van der Waals surface area contributed by atoms with Crippen LogP contribution < -0.4 is 0 Å². The Labute approximate surface area is 194 Å². The number of ether oxygens (including phenoxy) is 1. The van der Waals surface area contributed by atoms with Gasteiger partial charge in [-0.3, -0.25) is 4.68 Å². The van der Waals surface area contributed by atoms with Crippen LogP contribution in [-0.2, 0) is 28.8 Å². The SMILES string of the molecule is CCOC(=O)C(Cc1ccc(CCCc2nc(-c3ccccc3)oc2C)cc1)n1cccn1. The van der Waals surface area contributed by atoms with Crippen LogP contribution in [0.2, 0.25) is 0 Å². The molecule has 6 nitrogen and oxygen atoms in total. The third-order valence-electron chi connectivity index (χ3n) is 5.65. The molecule has 2 aromatic carbocycles. The lowest BCUT2D eigenvalue weighted by atomic mass is 10.0. The first kappa shape index (κ1) is 22.5. The van der Waals surface area contributed by atoms with Crippen LogP contribution in [0.3, 0.4) is 0 Å². The van der Waals surface area contributed by atoms with E-state index in [9.17, 15) is 4.79 Å². The van der Waals surface area contributed by atoms with Gasteiger partial charge in [0.1, 0.15) is 5.76 Å². The fraction of sp³-hybridized carbons (Fsp3) is 0.296. The summed E-state index contributed by atoms with van der Waals surface area (Å²) in [7, 11) is 0. The van der Waals surface area contributed by atoms with E-state index >= 15 is 0 Å². The van der Waals surface area contributed by atoms with Gasteiger partial charge < -0.3 is 9.15 Å². The first-order chi connectivity index (χ1) is 16.1. The number of hydrogen-bond acceptors (Lipinski definition) is 5. The van der Waals surface area contributed by atoms with Gasteiger partial charge in [0.25, 0.3) is 0 Å². The predicted molar refractivity (Wildman–Crippen MR) is 127 cm³/mol. The van der Waals surface area contributed by atoms with Crippen molar-refractivity contribution < 1.29 is 13.9 Å². The van der Waals surface area contributed by atoms with E-state index in [2.05, 4.69) is 29.4 Å². The second-order valence-electron chi connectivity index (χ2n) is 8.02. The molecule has 0 fully saturated rings. The summed E-state index contributed by atoms with van der Waals surface area (Å²) in [5.41, 5.74) is 4.35. The van der Waals surface area contributed by atoms with Crippen molar-refractivity contribution in [1.82, 2.24) is 14.8 Å². The van der Waals surface area contributed by atoms with E-state index in [0.717, 1.165) is 41.8 Å². The monoisotopic (exact) mass is 443 g/mol. The van der Waals surface area contributed by atoms with E-state index in [4.69, 9.17) is 14.1 Å². The standard InChI is InChI=1S/C27H29N3O3/c1-3-32-27(31)25(30-18-8-17-28-30)19-22-15-13-21(14-16-22)9-7-12-24-20(2)33-26(29-24)23-10-5-4-6-11-23/h4-6,8,10-11,13-18,25H,3,7,9,12,19H2,1-2H3. The number of oxazole rings is 1. The molecule has 0 amide bonds. The summed E-state index contributed by atoms with van der Waals surface area (Å²) >= 11 is 0. The molecule has 33 heavy (non-hydrogen) atoms. The molecule has 0 saturated heterocycles. The molecule has 170 valence electrons. The van der Waals surface area contributed by atoms with Crippen molar-refractivity contribution in [3.63, 3.8) is 0 Å². The highest BCUT2D eigenvalue weighted by molar-refractivity contribution is 5.74. The molecule has 0 spiro atoms. The first-order valence-corrected chi connectivity index (χ1v) is 11.4. The van der Waals surface area contributed by atoms with Crippen molar-refractivity contribution in [2.45, 2.75) is 45.6 Å². The Morgan fingerprint density at radius 1 is 1.03 bits per heavy atom. The van der Waals surface area contributed by atoms with Crippen LogP contribution in [0.25, 0.3) is 11.5 Å². The van der Waals surface area contributed by atoms with Crippen LogP contribution in [0.4, 0.5) is 0 Å². The molecule has 1 unspecified atom stereocenters. The van der Waals surface area contributed by atoms with Gasteiger partial charge in [-0.05, 0) is 62.4 Å². The molecule has 2 aromatic heterocycles. The minimum absolute atomic E-state index is 0.261. The number of carbonyl (C=O) groups is 1. The molecule has 0 N–H and O–H groups in total. The predicted octanol–water partition coefficient (Wildman–Crippen LogP) is 5.37. The third kappa shape index (κ3) is 5.77. The minimum atomic E-state index is -0.459. The van der Waals surface area contributed by atoms with Gasteiger partial charge in [-0.2, -0.15) is 5.10 Å². The Hall–Kier alpha value is -3.67. The van der Waals surface area contributed by atoms with Crippen LogP contribution in [-0.4, -0.2) is 27.3 Å². The summed E-state index contributed by atoms with van der Waals surface area (Å²) in [6.45, 7) is 4.15. The van der Waals surface area contributed by atoms with Gasteiger partial charge in [-0.1, -0.05) is 42.5 Å². The molecular formula is C27H29N3O3. The normalized spacial score (nSPS) is 11.9. The number of nitrogens with zero attached hydrogens (tertiary/aromatic N) is 3. The molecule has 0 bridgehead atoms. The highest BCUT2D eigenvalue weighted by atomic mass is 16.5. The minimum Gasteiger partial charge on any atom is -0.464 e. The molecule has 0 radical (unpaired) electrons. The molecule has 0 aliphatic carbocycles. The molecule has 0 saturated carbocycles. The summed E-state index contributed by atoms with van der Waals surface area (Å²) in [5.74, 6) is 1.30.